The van der Waals surface area contributed by atoms with Gasteiger partial charge in [-0.15, -0.1) is 0 Å². The molecular weight excluding hydrogens is 450 g/mol. The predicted molar refractivity (Wildman–Crippen MR) is 130 cm³/mol. The summed E-state index contributed by atoms with van der Waals surface area (Å²) < 4.78 is 18.2. The fourth-order valence-corrected chi connectivity index (χ4v) is 3.68. The summed E-state index contributed by atoms with van der Waals surface area (Å²) in [5, 5.41) is 0. The Labute approximate surface area is 203 Å². The monoisotopic (exact) mass is 479 g/mol. The lowest BCUT2D eigenvalue weighted by Gasteiger charge is -2.05. The van der Waals surface area contributed by atoms with E-state index in [1.54, 1.807) is 13.0 Å². The van der Waals surface area contributed by atoms with Crippen molar-refractivity contribution in [2.45, 2.75) is 40.8 Å². The number of aromatic nitrogens is 1. The van der Waals surface area contributed by atoms with Gasteiger partial charge in [-0.3, -0.25) is 20.4 Å². The van der Waals surface area contributed by atoms with Crippen LogP contribution in [0.3, 0.4) is 0 Å². The molecule has 0 aliphatic heterocycles. The van der Waals surface area contributed by atoms with Gasteiger partial charge in [-0.05, 0) is 58.0 Å². The first-order chi connectivity index (χ1) is 16.8. The molecular formula is C26H29N3O6. The van der Waals surface area contributed by atoms with E-state index >= 15 is 0 Å². The Morgan fingerprint density at radius 1 is 1.00 bits per heavy atom. The van der Waals surface area contributed by atoms with Crippen molar-refractivity contribution < 1.29 is 28.3 Å². The van der Waals surface area contributed by atoms with E-state index in [0.29, 0.717) is 29.2 Å². The van der Waals surface area contributed by atoms with Crippen molar-refractivity contribution in [3.8, 4) is 5.75 Å². The van der Waals surface area contributed by atoms with Crippen molar-refractivity contribution in [2.75, 3.05) is 6.61 Å². The molecule has 0 radical (unpaired) electrons. The van der Waals surface area contributed by atoms with Gasteiger partial charge in [-0.2, -0.15) is 0 Å². The first-order valence-corrected chi connectivity index (χ1v) is 11.3. The van der Waals surface area contributed by atoms with Crippen LogP contribution in [0.2, 0.25) is 0 Å². The predicted octanol–water partition coefficient (Wildman–Crippen LogP) is 3.95. The van der Waals surface area contributed by atoms with Crippen LogP contribution in [0.1, 0.15) is 57.5 Å². The molecule has 0 spiro atoms. The van der Waals surface area contributed by atoms with Crippen molar-refractivity contribution in [1.29, 1.82) is 0 Å². The lowest BCUT2D eigenvalue weighted by Crippen LogP contribution is -2.40. The van der Waals surface area contributed by atoms with Gasteiger partial charge in [-0.1, -0.05) is 18.2 Å². The molecule has 2 amide bonds. The zero-order valence-electron chi connectivity index (χ0n) is 20.2. The molecule has 0 saturated heterocycles. The minimum Gasteiger partial charge on any atom is -0.486 e. The van der Waals surface area contributed by atoms with Crippen LogP contribution >= 0.6 is 0 Å². The normalized spacial score (nSPS) is 10.9. The Balaban J connectivity index is 1.60. The molecule has 2 N–H and O–H groups in total. The van der Waals surface area contributed by atoms with Crippen LogP contribution in [0.5, 0.6) is 5.75 Å². The maximum atomic E-state index is 12.5. The molecule has 2 aromatic heterocycles. The summed E-state index contributed by atoms with van der Waals surface area (Å²) in [6, 6.07) is 12.3. The van der Waals surface area contributed by atoms with E-state index in [4.69, 9.17) is 13.9 Å². The van der Waals surface area contributed by atoms with Gasteiger partial charge in [0, 0.05) is 29.6 Å². The van der Waals surface area contributed by atoms with Crippen molar-refractivity contribution >= 4 is 23.9 Å². The van der Waals surface area contributed by atoms with Crippen LogP contribution < -0.4 is 15.6 Å². The molecule has 1 aromatic carbocycles. The number of esters is 1. The van der Waals surface area contributed by atoms with E-state index in [0.717, 1.165) is 11.4 Å². The van der Waals surface area contributed by atoms with Gasteiger partial charge in [0.05, 0.1) is 12.2 Å². The van der Waals surface area contributed by atoms with Crippen molar-refractivity contribution in [3.05, 3.63) is 82.6 Å². The van der Waals surface area contributed by atoms with E-state index in [9.17, 15) is 14.4 Å². The van der Waals surface area contributed by atoms with Gasteiger partial charge in [0.15, 0.2) is 5.76 Å². The Kier molecular flexibility index (Phi) is 8.50. The third kappa shape index (κ3) is 6.20. The third-order valence-electron chi connectivity index (χ3n) is 5.34. The number of carbonyl (C=O) groups is 3. The summed E-state index contributed by atoms with van der Waals surface area (Å²) in [7, 11) is 0. The highest BCUT2D eigenvalue weighted by Crippen LogP contribution is 2.25. The highest BCUT2D eigenvalue weighted by atomic mass is 16.5. The van der Waals surface area contributed by atoms with Gasteiger partial charge in [-0.25, -0.2) is 4.79 Å². The van der Waals surface area contributed by atoms with E-state index in [-0.39, 0.29) is 19.0 Å². The average molecular weight is 480 g/mol. The summed E-state index contributed by atoms with van der Waals surface area (Å²) in [4.78, 5) is 37.1. The van der Waals surface area contributed by atoms with Crippen LogP contribution in [0, 0.1) is 13.8 Å². The van der Waals surface area contributed by atoms with E-state index in [1.807, 2.05) is 55.7 Å². The molecule has 0 aliphatic rings. The number of nitrogens with one attached hydrogen (secondary N) is 2. The Hall–Kier alpha value is -4.27. The number of ether oxygens (including phenoxy) is 2. The molecule has 0 fully saturated rings. The summed E-state index contributed by atoms with van der Waals surface area (Å²) >= 11 is 0. The highest BCUT2D eigenvalue weighted by Gasteiger charge is 2.22. The van der Waals surface area contributed by atoms with Gasteiger partial charge in [0.2, 0.25) is 0 Å². The second-order valence-electron chi connectivity index (χ2n) is 7.57. The van der Waals surface area contributed by atoms with Gasteiger partial charge >= 0.3 is 11.9 Å². The number of hydrogen-bond donors (Lipinski definition) is 2. The third-order valence-corrected chi connectivity index (χ3v) is 5.34. The number of benzene rings is 1. The minimum absolute atomic E-state index is 0.0250. The summed E-state index contributed by atoms with van der Waals surface area (Å²) in [5.41, 5.74) is 7.22. The second-order valence-corrected chi connectivity index (χ2v) is 7.57. The van der Waals surface area contributed by atoms with Crippen LogP contribution in [-0.4, -0.2) is 29.0 Å². The van der Waals surface area contributed by atoms with Gasteiger partial charge < -0.3 is 18.5 Å². The number of rotatable bonds is 9. The highest BCUT2D eigenvalue weighted by molar-refractivity contribution is 6.00. The van der Waals surface area contributed by atoms with Crippen LogP contribution in [-0.2, 0) is 22.7 Å². The molecule has 3 rings (SSSR count). The largest absolute Gasteiger partial charge is 0.486 e. The standard InChI is InChI=1S/C26H29N3O6/c1-5-29-17(3)21(24(18(29)4)26(32)33-6-2)13-15-23(30)27-28-25(31)22-14-12-20(35-22)16-34-19-10-8-7-9-11-19/h7-15H,5-6,16H2,1-4H3,(H,27,30)(H,28,31)/b15-13+. The number of hydrazine groups is 1. The number of hydrogen-bond acceptors (Lipinski definition) is 6. The van der Waals surface area contributed by atoms with Crippen LogP contribution in [0.4, 0.5) is 0 Å². The van der Waals surface area contributed by atoms with Crippen molar-refractivity contribution in [3.63, 3.8) is 0 Å². The maximum absolute atomic E-state index is 12.5. The molecule has 2 heterocycles. The van der Waals surface area contributed by atoms with Crippen molar-refractivity contribution in [1.82, 2.24) is 15.4 Å². The fourth-order valence-electron chi connectivity index (χ4n) is 3.68. The Morgan fingerprint density at radius 2 is 1.74 bits per heavy atom. The van der Waals surface area contributed by atoms with Crippen molar-refractivity contribution in [2.24, 2.45) is 0 Å². The number of nitrogens with zero attached hydrogens (tertiary/aromatic N) is 1. The zero-order chi connectivity index (χ0) is 25.4. The van der Waals surface area contributed by atoms with E-state index < -0.39 is 17.8 Å². The quantitative estimate of drug-likeness (QED) is 0.273. The lowest BCUT2D eigenvalue weighted by atomic mass is 10.1. The Morgan fingerprint density at radius 3 is 2.43 bits per heavy atom. The van der Waals surface area contributed by atoms with Gasteiger partial charge in [0.1, 0.15) is 18.1 Å². The molecule has 3 aromatic rings. The molecule has 0 atom stereocenters. The topological polar surface area (TPSA) is 112 Å². The Bertz CT molecular complexity index is 1220. The number of furan rings is 1. The second kappa shape index (κ2) is 11.7. The number of carbonyl (C=O) groups excluding carboxylic acids is 3. The lowest BCUT2D eigenvalue weighted by molar-refractivity contribution is -0.117. The first-order valence-electron chi connectivity index (χ1n) is 11.3. The summed E-state index contributed by atoms with van der Waals surface area (Å²) in [6.07, 6.45) is 2.78. The molecule has 0 saturated carbocycles. The van der Waals surface area contributed by atoms with Crippen LogP contribution in [0.15, 0.2) is 53.0 Å². The molecule has 0 aliphatic carbocycles. The van der Waals surface area contributed by atoms with E-state index in [2.05, 4.69) is 10.9 Å². The fraction of sp³-hybridized carbons (Fsp3) is 0.269. The zero-order valence-corrected chi connectivity index (χ0v) is 20.2. The molecule has 184 valence electrons. The summed E-state index contributed by atoms with van der Waals surface area (Å²) in [6.45, 7) is 8.49. The molecule has 0 unspecified atom stereocenters. The van der Waals surface area contributed by atoms with Gasteiger partial charge in [0.25, 0.3) is 5.91 Å². The summed E-state index contributed by atoms with van der Waals surface area (Å²) in [5.74, 6) is -0.471. The molecule has 35 heavy (non-hydrogen) atoms. The average Bonchev–Trinajstić information content (AvgIpc) is 3.42. The SMILES string of the molecule is CCOC(=O)c1c(/C=C/C(=O)NNC(=O)c2ccc(COc3ccccc3)o2)c(C)n(CC)c1C. The van der Waals surface area contributed by atoms with E-state index in [1.165, 1.54) is 18.2 Å². The number of amides is 2. The first kappa shape index (κ1) is 25.4. The molecule has 9 nitrogen and oxygen atoms in total. The molecule has 0 bridgehead atoms. The minimum atomic E-state index is -0.617. The number of para-hydroxylation sites is 1. The van der Waals surface area contributed by atoms with Crippen LogP contribution in [0.25, 0.3) is 6.08 Å². The maximum Gasteiger partial charge on any atom is 0.340 e. The molecule has 9 heteroatoms. The smallest absolute Gasteiger partial charge is 0.340 e.